The van der Waals surface area contributed by atoms with Crippen molar-refractivity contribution in [2.75, 3.05) is 19.6 Å². The minimum Gasteiger partial charge on any atom is -0.370 e. The van der Waals surface area contributed by atoms with Crippen LogP contribution in [0.15, 0.2) is 36.5 Å². The molecule has 0 aliphatic carbocycles. The van der Waals surface area contributed by atoms with Crippen LogP contribution in [0.5, 0.6) is 0 Å². The van der Waals surface area contributed by atoms with E-state index in [1.54, 1.807) is 0 Å². The summed E-state index contributed by atoms with van der Waals surface area (Å²) in [6.07, 6.45) is 4.40. The van der Waals surface area contributed by atoms with Crippen LogP contribution in [-0.4, -0.2) is 47.1 Å². The first-order chi connectivity index (χ1) is 14.5. The van der Waals surface area contributed by atoms with Gasteiger partial charge in [0.15, 0.2) is 0 Å². The Morgan fingerprint density at radius 2 is 2.03 bits per heavy atom. The molecular weight excluding hydrogens is 374 g/mol. The van der Waals surface area contributed by atoms with E-state index in [2.05, 4.69) is 28.2 Å². The van der Waals surface area contributed by atoms with Crippen LogP contribution >= 0.6 is 0 Å². The number of carbonyl (C=O) groups excluding carboxylic acids is 1. The summed E-state index contributed by atoms with van der Waals surface area (Å²) in [5.41, 5.74) is 5.27. The molecule has 1 aromatic carbocycles. The third kappa shape index (κ3) is 3.25. The second kappa shape index (κ2) is 7.47. The number of aromatic nitrogens is 1. The highest BCUT2D eigenvalue weighted by Crippen LogP contribution is 2.54. The molecule has 1 amide bonds. The van der Waals surface area contributed by atoms with Gasteiger partial charge in [0.2, 0.25) is 0 Å². The summed E-state index contributed by atoms with van der Waals surface area (Å²) < 4.78 is 6.57. The Morgan fingerprint density at radius 3 is 2.80 bits per heavy atom. The maximum Gasteiger partial charge on any atom is 0.251 e. The van der Waals surface area contributed by atoms with Crippen molar-refractivity contribution < 1.29 is 9.53 Å². The van der Waals surface area contributed by atoms with Crippen LogP contribution in [0, 0.1) is 32.6 Å². The Morgan fingerprint density at radius 1 is 1.23 bits per heavy atom. The number of amides is 1. The third-order valence-electron chi connectivity index (χ3n) is 7.57. The zero-order valence-electron chi connectivity index (χ0n) is 18.1. The molecule has 158 valence electrons. The number of pyridine rings is 1. The number of ether oxygens (including phenoxy) is 1. The predicted octanol–water partition coefficient (Wildman–Crippen LogP) is 3.42. The zero-order chi connectivity index (χ0) is 20.9. The van der Waals surface area contributed by atoms with Crippen molar-refractivity contribution in [3.05, 3.63) is 64.5 Å². The summed E-state index contributed by atoms with van der Waals surface area (Å²) in [5, 5.41) is 3.24. The van der Waals surface area contributed by atoms with Crippen molar-refractivity contribution in [3.63, 3.8) is 0 Å². The molecule has 3 saturated heterocycles. The lowest BCUT2D eigenvalue weighted by Gasteiger charge is -2.29. The topological polar surface area (TPSA) is 54.5 Å². The number of benzene rings is 1. The average Bonchev–Trinajstić information content (AvgIpc) is 3.36. The summed E-state index contributed by atoms with van der Waals surface area (Å²) in [6, 6.07) is 10.2. The van der Waals surface area contributed by atoms with Crippen LogP contribution in [0.3, 0.4) is 0 Å². The van der Waals surface area contributed by atoms with E-state index in [1.165, 1.54) is 5.56 Å². The first-order valence-corrected chi connectivity index (χ1v) is 11.1. The Bertz CT molecular complexity index is 954. The van der Waals surface area contributed by atoms with Gasteiger partial charge >= 0.3 is 0 Å². The summed E-state index contributed by atoms with van der Waals surface area (Å²) >= 11 is 0. The molecule has 5 nitrogen and oxygen atoms in total. The van der Waals surface area contributed by atoms with Gasteiger partial charge in [-0.1, -0.05) is 24.3 Å². The van der Waals surface area contributed by atoms with Crippen LogP contribution in [-0.2, 0) is 11.3 Å². The molecule has 3 aliphatic rings. The molecule has 2 bridgehead atoms. The monoisotopic (exact) mass is 405 g/mol. The van der Waals surface area contributed by atoms with Gasteiger partial charge < -0.3 is 10.1 Å². The minimum absolute atomic E-state index is 0.0191. The number of nitrogens with one attached hydrogen (secondary N) is 1. The minimum atomic E-state index is -0.0191. The number of aryl methyl sites for hydroxylation is 3. The van der Waals surface area contributed by atoms with Crippen molar-refractivity contribution in [1.29, 1.82) is 0 Å². The number of nitrogens with zero attached hydrogens (tertiary/aromatic N) is 2. The molecule has 4 heterocycles. The SMILES string of the molecule is Cc1cccc(C)c1C(=O)NC[C@H]1[C@H]2CN(Cc3cccnc3C)C[C@]23CC[C@H]1O3. The number of rotatable bonds is 5. The highest BCUT2D eigenvalue weighted by Gasteiger charge is 2.62. The quantitative estimate of drug-likeness (QED) is 0.828. The fraction of sp³-hybridized carbons (Fsp3) is 0.520. The Balaban J connectivity index is 1.27. The van der Waals surface area contributed by atoms with Crippen LogP contribution in [0.2, 0.25) is 0 Å². The second-order valence-corrected chi connectivity index (χ2v) is 9.42. The van der Waals surface area contributed by atoms with E-state index in [9.17, 15) is 4.79 Å². The van der Waals surface area contributed by atoms with Gasteiger partial charge in [0.25, 0.3) is 5.91 Å². The second-order valence-electron chi connectivity index (χ2n) is 9.42. The van der Waals surface area contributed by atoms with Crippen molar-refractivity contribution in [2.24, 2.45) is 11.8 Å². The van der Waals surface area contributed by atoms with Gasteiger partial charge in [-0.05, 0) is 56.4 Å². The normalized spacial score (nSPS) is 29.9. The van der Waals surface area contributed by atoms with Gasteiger partial charge in [-0.25, -0.2) is 0 Å². The molecule has 2 aromatic rings. The fourth-order valence-corrected chi connectivity index (χ4v) is 6.08. The number of hydrogen-bond donors (Lipinski definition) is 1. The number of hydrogen-bond acceptors (Lipinski definition) is 4. The van der Waals surface area contributed by atoms with E-state index < -0.39 is 0 Å². The third-order valence-corrected chi connectivity index (χ3v) is 7.57. The molecular formula is C25H31N3O2. The predicted molar refractivity (Wildman–Crippen MR) is 116 cm³/mol. The summed E-state index contributed by atoms with van der Waals surface area (Å²) in [5.74, 6) is 0.932. The van der Waals surface area contributed by atoms with E-state index in [0.29, 0.717) is 18.4 Å². The molecule has 1 spiro atoms. The first kappa shape index (κ1) is 19.7. The lowest BCUT2D eigenvalue weighted by Crippen LogP contribution is -2.42. The molecule has 4 atom stereocenters. The number of carbonyl (C=O) groups is 1. The molecule has 3 aliphatic heterocycles. The lowest BCUT2D eigenvalue weighted by molar-refractivity contribution is 0.00210. The molecule has 1 N–H and O–H groups in total. The molecule has 1 aromatic heterocycles. The molecule has 5 rings (SSSR count). The van der Waals surface area contributed by atoms with Gasteiger partial charge in [-0.15, -0.1) is 0 Å². The summed E-state index contributed by atoms with van der Waals surface area (Å²) in [7, 11) is 0. The molecule has 0 saturated carbocycles. The first-order valence-electron chi connectivity index (χ1n) is 11.1. The smallest absolute Gasteiger partial charge is 0.251 e. The molecule has 5 heteroatoms. The summed E-state index contributed by atoms with van der Waals surface area (Å²) in [6.45, 7) is 9.74. The molecule has 3 fully saturated rings. The fourth-order valence-electron chi connectivity index (χ4n) is 6.08. The maximum absolute atomic E-state index is 12.9. The van der Waals surface area contributed by atoms with Crippen LogP contribution in [0.1, 0.15) is 45.6 Å². The highest BCUT2D eigenvalue weighted by atomic mass is 16.5. The number of likely N-dealkylation sites (tertiary alicyclic amines) is 1. The molecule has 30 heavy (non-hydrogen) atoms. The van der Waals surface area contributed by atoms with E-state index >= 15 is 0 Å². The van der Waals surface area contributed by atoms with Gasteiger partial charge in [-0.3, -0.25) is 14.7 Å². The van der Waals surface area contributed by atoms with Crippen LogP contribution in [0.4, 0.5) is 0 Å². The zero-order valence-corrected chi connectivity index (χ0v) is 18.1. The largest absolute Gasteiger partial charge is 0.370 e. The van der Waals surface area contributed by atoms with Crippen LogP contribution < -0.4 is 5.32 Å². The van der Waals surface area contributed by atoms with E-state index in [0.717, 1.165) is 54.9 Å². The van der Waals surface area contributed by atoms with Crippen molar-refractivity contribution in [3.8, 4) is 0 Å². The van der Waals surface area contributed by atoms with Crippen molar-refractivity contribution in [2.45, 2.75) is 51.9 Å². The standard InChI is InChI=1S/C25H31N3O2/c1-16-6-4-7-17(2)23(16)24(29)27-12-20-21-14-28(13-19-8-5-11-26-18(19)3)15-25(21)10-9-22(20)30-25/h4-8,11,20-22H,9-10,12-15H2,1-3H3,(H,27,29)/t20-,21+,22+,25+/m0/s1. The van der Waals surface area contributed by atoms with Crippen LogP contribution in [0.25, 0.3) is 0 Å². The Hall–Kier alpha value is -2.24. The van der Waals surface area contributed by atoms with Crippen molar-refractivity contribution in [1.82, 2.24) is 15.2 Å². The molecule has 0 radical (unpaired) electrons. The van der Waals surface area contributed by atoms with E-state index in [4.69, 9.17) is 4.74 Å². The molecule has 0 unspecified atom stereocenters. The Labute approximate surface area is 178 Å². The van der Waals surface area contributed by atoms with E-state index in [-0.39, 0.29) is 17.6 Å². The highest BCUT2D eigenvalue weighted by molar-refractivity contribution is 5.97. The van der Waals surface area contributed by atoms with Gasteiger partial charge in [-0.2, -0.15) is 0 Å². The van der Waals surface area contributed by atoms with E-state index in [1.807, 2.05) is 44.3 Å². The van der Waals surface area contributed by atoms with Gasteiger partial charge in [0.1, 0.15) is 0 Å². The average molecular weight is 406 g/mol. The van der Waals surface area contributed by atoms with Gasteiger partial charge in [0, 0.05) is 55.5 Å². The van der Waals surface area contributed by atoms with Gasteiger partial charge in [0.05, 0.1) is 11.7 Å². The summed E-state index contributed by atoms with van der Waals surface area (Å²) in [4.78, 5) is 19.9. The maximum atomic E-state index is 12.9. The van der Waals surface area contributed by atoms with Crippen molar-refractivity contribution >= 4 is 5.91 Å². The number of fused-ring (bicyclic) bond motifs is 1. The Kier molecular flexibility index (Phi) is 4.91. The lowest BCUT2D eigenvalue weighted by atomic mass is 9.73.